The lowest BCUT2D eigenvalue weighted by Gasteiger charge is -2.22. The number of nitrogens with zero attached hydrogens (tertiary/aromatic N) is 1. The minimum atomic E-state index is -0.636. The fourth-order valence-corrected chi connectivity index (χ4v) is 1.15. The number of aliphatic hydroxyl groups is 2. The third kappa shape index (κ3) is 5.49. The minimum absolute atomic E-state index is 0.176. The molecule has 0 aliphatic rings. The van der Waals surface area contributed by atoms with Crippen molar-refractivity contribution < 1.29 is 10.2 Å². The van der Waals surface area contributed by atoms with Crippen LogP contribution in [0.2, 0.25) is 0 Å². The molecule has 0 aliphatic heterocycles. The van der Waals surface area contributed by atoms with Gasteiger partial charge in [0.05, 0.1) is 12.7 Å². The second-order valence-electron chi connectivity index (χ2n) is 2.93. The molecule has 0 saturated heterocycles. The van der Waals surface area contributed by atoms with Gasteiger partial charge in [0.1, 0.15) is 0 Å². The molecule has 74 valence electrons. The molecule has 0 amide bonds. The summed E-state index contributed by atoms with van der Waals surface area (Å²) in [6.07, 6.45) is 0.404. The van der Waals surface area contributed by atoms with Crippen LogP contribution in [0.25, 0.3) is 0 Å². The van der Waals surface area contributed by atoms with Crippen molar-refractivity contribution in [3.63, 3.8) is 0 Å². The topological polar surface area (TPSA) is 69.7 Å². The minimum Gasteiger partial charge on any atom is -0.394 e. The quantitative estimate of drug-likeness (QED) is 0.466. The Morgan fingerprint density at radius 3 is 2.50 bits per heavy atom. The third-order valence-corrected chi connectivity index (χ3v) is 1.66. The second kappa shape index (κ2) is 7.49. The Hall–Kier alpha value is -0.160. The van der Waals surface area contributed by atoms with Crippen LogP contribution in [0.4, 0.5) is 0 Å². The number of hydrogen-bond acceptors (Lipinski definition) is 4. The second-order valence-corrected chi connectivity index (χ2v) is 2.93. The molecule has 1 unspecified atom stereocenters. The summed E-state index contributed by atoms with van der Waals surface area (Å²) in [5.74, 6) is 0. The lowest BCUT2D eigenvalue weighted by Crippen LogP contribution is -2.37. The molecule has 0 heterocycles. The Kier molecular flexibility index (Phi) is 7.39. The third-order valence-electron chi connectivity index (χ3n) is 1.66. The molecule has 0 aromatic rings. The Morgan fingerprint density at radius 2 is 2.08 bits per heavy atom. The summed E-state index contributed by atoms with van der Waals surface area (Å²) in [7, 11) is 0. The highest BCUT2D eigenvalue weighted by Crippen LogP contribution is 1.93. The van der Waals surface area contributed by atoms with E-state index in [2.05, 4.69) is 11.8 Å². The van der Waals surface area contributed by atoms with Gasteiger partial charge in [0.15, 0.2) is 0 Å². The van der Waals surface area contributed by atoms with Crippen molar-refractivity contribution in [1.29, 1.82) is 0 Å². The van der Waals surface area contributed by atoms with Gasteiger partial charge in [-0.15, -0.1) is 0 Å². The molecular formula is C8H20N2O2. The largest absolute Gasteiger partial charge is 0.394 e. The van der Waals surface area contributed by atoms with Crippen molar-refractivity contribution in [2.75, 3.05) is 32.8 Å². The summed E-state index contributed by atoms with van der Waals surface area (Å²) >= 11 is 0. The van der Waals surface area contributed by atoms with E-state index < -0.39 is 6.10 Å². The van der Waals surface area contributed by atoms with Gasteiger partial charge in [-0.25, -0.2) is 0 Å². The van der Waals surface area contributed by atoms with Crippen LogP contribution in [0.5, 0.6) is 0 Å². The molecule has 4 heteroatoms. The van der Waals surface area contributed by atoms with Crippen LogP contribution in [0.3, 0.4) is 0 Å². The standard InChI is InChI=1S/C8H20N2O2/c1-2-4-10(5-3-9)6-8(12)7-11/h8,11-12H,2-7,9H2,1H3. The predicted octanol–water partition coefficient (Wildman–Crippen LogP) is -0.990. The first-order valence-corrected chi connectivity index (χ1v) is 4.45. The Balaban J connectivity index is 3.61. The molecule has 0 aromatic heterocycles. The van der Waals surface area contributed by atoms with E-state index in [1.54, 1.807) is 0 Å². The van der Waals surface area contributed by atoms with Crippen molar-refractivity contribution >= 4 is 0 Å². The Labute approximate surface area is 74.0 Å². The van der Waals surface area contributed by atoms with Gasteiger partial charge < -0.3 is 15.9 Å². The highest BCUT2D eigenvalue weighted by molar-refractivity contribution is 4.63. The lowest BCUT2D eigenvalue weighted by molar-refractivity contribution is 0.0600. The fourth-order valence-electron chi connectivity index (χ4n) is 1.15. The van der Waals surface area contributed by atoms with Crippen molar-refractivity contribution in [3.8, 4) is 0 Å². The summed E-state index contributed by atoms with van der Waals surface area (Å²) in [5.41, 5.74) is 5.39. The van der Waals surface area contributed by atoms with Crippen LogP contribution in [0.15, 0.2) is 0 Å². The molecule has 0 rings (SSSR count). The smallest absolute Gasteiger partial charge is 0.0897 e. The highest BCUT2D eigenvalue weighted by Gasteiger charge is 2.08. The molecule has 4 N–H and O–H groups in total. The molecule has 0 aromatic carbocycles. The molecular weight excluding hydrogens is 156 g/mol. The molecule has 0 radical (unpaired) electrons. The van der Waals surface area contributed by atoms with Crippen LogP contribution in [0.1, 0.15) is 13.3 Å². The zero-order valence-electron chi connectivity index (χ0n) is 7.74. The average Bonchev–Trinajstić information content (AvgIpc) is 2.05. The first-order valence-electron chi connectivity index (χ1n) is 4.45. The summed E-state index contributed by atoms with van der Waals surface area (Å²) < 4.78 is 0. The number of aliphatic hydroxyl groups excluding tert-OH is 2. The zero-order valence-corrected chi connectivity index (χ0v) is 7.74. The van der Waals surface area contributed by atoms with Crippen molar-refractivity contribution in [2.24, 2.45) is 5.73 Å². The predicted molar refractivity (Wildman–Crippen MR) is 48.9 cm³/mol. The monoisotopic (exact) mass is 176 g/mol. The molecule has 12 heavy (non-hydrogen) atoms. The van der Waals surface area contributed by atoms with Crippen LogP contribution < -0.4 is 5.73 Å². The molecule has 0 bridgehead atoms. The molecule has 1 atom stereocenters. The Morgan fingerprint density at radius 1 is 1.42 bits per heavy atom. The van der Waals surface area contributed by atoms with E-state index in [1.165, 1.54) is 0 Å². The number of nitrogens with two attached hydrogens (primary N) is 1. The maximum Gasteiger partial charge on any atom is 0.0897 e. The van der Waals surface area contributed by atoms with E-state index >= 15 is 0 Å². The van der Waals surface area contributed by atoms with Gasteiger partial charge in [0.2, 0.25) is 0 Å². The van der Waals surface area contributed by atoms with Gasteiger partial charge in [-0.1, -0.05) is 6.92 Å². The number of rotatable bonds is 7. The van der Waals surface area contributed by atoms with Gasteiger partial charge in [-0.05, 0) is 13.0 Å². The summed E-state index contributed by atoms with van der Waals surface area (Å²) in [6, 6.07) is 0. The summed E-state index contributed by atoms with van der Waals surface area (Å²) in [4.78, 5) is 2.06. The van der Waals surface area contributed by atoms with Gasteiger partial charge in [0.25, 0.3) is 0 Å². The van der Waals surface area contributed by atoms with Crippen LogP contribution in [-0.2, 0) is 0 Å². The van der Waals surface area contributed by atoms with Gasteiger partial charge in [-0.3, -0.25) is 4.90 Å². The van der Waals surface area contributed by atoms with Crippen LogP contribution >= 0.6 is 0 Å². The molecule has 0 fully saturated rings. The summed E-state index contributed by atoms with van der Waals surface area (Å²) in [5, 5.41) is 17.8. The first kappa shape index (κ1) is 11.8. The molecule has 0 saturated carbocycles. The maximum atomic E-state index is 9.15. The maximum absolute atomic E-state index is 9.15. The van der Waals surface area contributed by atoms with Crippen molar-refractivity contribution in [1.82, 2.24) is 4.90 Å². The van der Waals surface area contributed by atoms with Crippen molar-refractivity contribution in [2.45, 2.75) is 19.4 Å². The van der Waals surface area contributed by atoms with E-state index in [1.807, 2.05) is 0 Å². The molecule has 0 aliphatic carbocycles. The SMILES string of the molecule is CCCN(CCN)CC(O)CO. The van der Waals surface area contributed by atoms with Crippen molar-refractivity contribution in [3.05, 3.63) is 0 Å². The van der Waals surface area contributed by atoms with Gasteiger partial charge >= 0.3 is 0 Å². The van der Waals surface area contributed by atoms with Gasteiger partial charge in [0, 0.05) is 19.6 Å². The van der Waals surface area contributed by atoms with E-state index in [-0.39, 0.29) is 6.61 Å². The van der Waals surface area contributed by atoms with E-state index in [0.29, 0.717) is 13.1 Å². The van der Waals surface area contributed by atoms with Crippen LogP contribution in [0, 0.1) is 0 Å². The van der Waals surface area contributed by atoms with E-state index in [0.717, 1.165) is 19.5 Å². The fraction of sp³-hybridized carbons (Fsp3) is 1.00. The lowest BCUT2D eigenvalue weighted by atomic mass is 10.3. The van der Waals surface area contributed by atoms with E-state index in [4.69, 9.17) is 15.9 Å². The zero-order chi connectivity index (χ0) is 9.40. The highest BCUT2D eigenvalue weighted by atomic mass is 16.3. The Bertz CT molecular complexity index is 95.1. The number of hydrogen-bond donors (Lipinski definition) is 3. The first-order chi connectivity index (χ1) is 5.74. The normalized spacial score (nSPS) is 13.8. The van der Waals surface area contributed by atoms with Gasteiger partial charge in [-0.2, -0.15) is 0 Å². The molecule has 4 nitrogen and oxygen atoms in total. The molecule has 0 spiro atoms. The van der Waals surface area contributed by atoms with Crippen LogP contribution in [-0.4, -0.2) is 54.0 Å². The van der Waals surface area contributed by atoms with E-state index in [9.17, 15) is 0 Å². The average molecular weight is 176 g/mol. The summed E-state index contributed by atoms with van der Waals surface area (Å²) in [6.45, 7) is 4.72.